The number of aromatic nitrogens is 2. The number of rotatable bonds is 2. The largest absolute Gasteiger partial charge is 0.466 e. The van der Waals surface area contributed by atoms with Gasteiger partial charge in [-0.15, -0.1) is 0 Å². The number of nitriles is 1. The maximum Gasteiger partial charge on any atom is 0.257 e. The van der Waals surface area contributed by atoms with Crippen molar-refractivity contribution in [3.8, 4) is 6.07 Å². The fourth-order valence-electron chi connectivity index (χ4n) is 2.75. The normalized spacial score (nSPS) is 18.0. The van der Waals surface area contributed by atoms with Crippen LogP contribution in [0.1, 0.15) is 39.9 Å². The van der Waals surface area contributed by atoms with Crippen LogP contribution in [0, 0.1) is 25.2 Å². The van der Waals surface area contributed by atoms with E-state index in [1.54, 1.807) is 30.1 Å². The third kappa shape index (κ3) is 2.42. The first-order valence-corrected chi connectivity index (χ1v) is 6.89. The molecule has 6 heteroatoms. The van der Waals surface area contributed by atoms with Crippen molar-refractivity contribution in [1.29, 1.82) is 5.26 Å². The van der Waals surface area contributed by atoms with Crippen molar-refractivity contribution < 1.29 is 9.21 Å². The van der Waals surface area contributed by atoms with Gasteiger partial charge in [-0.05, 0) is 26.3 Å². The molecule has 3 rings (SSSR count). The zero-order valence-corrected chi connectivity index (χ0v) is 12.0. The summed E-state index contributed by atoms with van der Waals surface area (Å²) in [6.07, 6.45) is 4.12. The Bertz CT molecular complexity index is 722. The van der Waals surface area contributed by atoms with Gasteiger partial charge in [0.25, 0.3) is 5.91 Å². The number of carbonyl (C=O) groups excluding carboxylic acids is 1. The number of nitrogens with zero attached hydrogens (tertiary/aromatic N) is 4. The van der Waals surface area contributed by atoms with Gasteiger partial charge >= 0.3 is 0 Å². The predicted octanol–water partition coefficient (Wildman–Crippen LogP) is 2.05. The Morgan fingerprint density at radius 1 is 1.52 bits per heavy atom. The maximum atomic E-state index is 12.5. The monoisotopic (exact) mass is 284 g/mol. The molecule has 3 heterocycles. The first kappa shape index (κ1) is 13.4. The molecule has 6 nitrogen and oxygen atoms in total. The molecule has 21 heavy (non-hydrogen) atoms. The van der Waals surface area contributed by atoms with E-state index < -0.39 is 0 Å². The van der Waals surface area contributed by atoms with Gasteiger partial charge < -0.3 is 9.32 Å². The molecule has 1 unspecified atom stereocenters. The van der Waals surface area contributed by atoms with Gasteiger partial charge in [0, 0.05) is 19.3 Å². The van der Waals surface area contributed by atoms with Crippen LogP contribution < -0.4 is 0 Å². The third-order valence-corrected chi connectivity index (χ3v) is 3.83. The molecule has 1 atom stereocenters. The highest BCUT2D eigenvalue weighted by molar-refractivity contribution is 5.95. The minimum absolute atomic E-state index is 0.000451. The van der Waals surface area contributed by atoms with Crippen LogP contribution in [0.15, 0.2) is 22.9 Å². The van der Waals surface area contributed by atoms with Gasteiger partial charge in [-0.3, -0.25) is 9.48 Å². The molecule has 108 valence electrons. The van der Waals surface area contributed by atoms with Crippen LogP contribution in [-0.2, 0) is 0 Å². The molecule has 0 bridgehead atoms. The van der Waals surface area contributed by atoms with Crippen molar-refractivity contribution in [2.45, 2.75) is 26.3 Å². The van der Waals surface area contributed by atoms with Gasteiger partial charge in [-0.2, -0.15) is 10.4 Å². The topological polar surface area (TPSA) is 75.1 Å². The summed E-state index contributed by atoms with van der Waals surface area (Å²) in [7, 11) is 0. The van der Waals surface area contributed by atoms with Crippen molar-refractivity contribution in [2.24, 2.45) is 0 Å². The summed E-state index contributed by atoms with van der Waals surface area (Å²) in [5.74, 6) is 1.41. The number of amides is 1. The molecule has 1 aliphatic heterocycles. The SMILES string of the molecule is Cc1cc(C(=O)N2CCC(n3cc(C#N)cn3)C2)c(C)o1. The van der Waals surface area contributed by atoms with E-state index in [4.69, 9.17) is 9.68 Å². The molecule has 0 spiro atoms. The zero-order valence-electron chi connectivity index (χ0n) is 12.0. The minimum atomic E-state index is -0.000451. The van der Waals surface area contributed by atoms with Crippen LogP contribution in [0.3, 0.4) is 0 Å². The van der Waals surface area contributed by atoms with E-state index in [1.807, 2.05) is 11.8 Å². The van der Waals surface area contributed by atoms with Crippen molar-refractivity contribution in [3.63, 3.8) is 0 Å². The lowest BCUT2D eigenvalue weighted by atomic mass is 10.2. The standard InChI is InChI=1S/C15H16N4O2/c1-10-5-14(11(2)21-10)15(20)18-4-3-13(9-18)19-8-12(6-16)7-17-19/h5,7-8,13H,3-4,9H2,1-2H3. The van der Waals surface area contributed by atoms with Crippen LogP contribution in [0.25, 0.3) is 0 Å². The number of likely N-dealkylation sites (tertiary alicyclic amines) is 1. The van der Waals surface area contributed by atoms with Gasteiger partial charge in [0.05, 0.1) is 23.4 Å². The first-order chi connectivity index (χ1) is 10.1. The molecule has 0 aromatic carbocycles. The maximum absolute atomic E-state index is 12.5. The highest BCUT2D eigenvalue weighted by atomic mass is 16.3. The predicted molar refractivity (Wildman–Crippen MR) is 74.7 cm³/mol. The molecule has 2 aromatic rings. The molecule has 1 saturated heterocycles. The van der Waals surface area contributed by atoms with E-state index in [-0.39, 0.29) is 11.9 Å². The molecule has 0 radical (unpaired) electrons. The van der Waals surface area contributed by atoms with Gasteiger partial charge in [0.15, 0.2) is 0 Å². The highest BCUT2D eigenvalue weighted by Gasteiger charge is 2.30. The molecule has 1 fully saturated rings. The molecular weight excluding hydrogens is 268 g/mol. The van der Waals surface area contributed by atoms with E-state index in [9.17, 15) is 4.79 Å². The van der Waals surface area contributed by atoms with E-state index in [0.29, 0.717) is 30.0 Å². The summed E-state index contributed by atoms with van der Waals surface area (Å²) >= 11 is 0. The van der Waals surface area contributed by atoms with Crippen molar-refractivity contribution in [1.82, 2.24) is 14.7 Å². The van der Waals surface area contributed by atoms with Crippen molar-refractivity contribution >= 4 is 5.91 Å². The Labute approximate surface area is 122 Å². The van der Waals surface area contributed by atoms with Gasteiger partial charge in [0.2, 0.25) is 0 Å². The number of hydrogen-bond donors (Lipinski definition) is 0. The lowest BCUT2D eigenvalue weighted by Crippen LogP contribution is -2.29. The average Bonchev–Trinajstić information content (AvgIpc) is 3.16. The van der Waals surface area contributed by atoms with Crippen LogP contribution >= 0.6 is 0 Å². The van der Waals surface area contributed by atoms with Crippen LogP contribution in [-0.4, -0.2) is 33.7 Å². The van der Waals surface area contributed by atoms with E-state index >= 15 is 0 Å². The van der Waals surface area contributed by atoms with Crippen LogP contribution in [0.4, 0.5) is 0 Å². The van der Waals surface area contributed by atoms with Gasteiger partial charge in [-0.1, -0.05) is 0 Å². The summed E-state index contributed by atoms with van der Waals surface area (Å²) in [6.45, 7) is 4.94. The Morgan fingerprint density at radius 2 is 2.33 bits per heavy atom. The number of hydrogen-bond acceptors (Lipinski definition) is 4. The number of carbonyl (C=O) groups is 1. The van der Waals surface area contributed by atoms with Crippen molar-refractivity contribution in [3.05, 3.63) is 41.1 Å². The summed E-state index contributed by atoms with van der Waals surface area (Å²) in [5, 5.41) is 13.0. The second-order valence-electron chi connectivity index (χ2n) is 5.34. The van der Waals surface area contributed by atoms with Crippen LogP contribution in [0.5, 0.6) is 0 Å². The van der Waals surface area contributed by atoms with Gasteiger partial charge in [-0.25, -0.2) is 0 Å². The van der Waals surface area contributed by atoms with Crippen molar-refractivity contribution in [2.75, 3.05) is 13.1 Å². The molecule has 1 aliphatic rings. The number of aryl methyl sites for hydroxylation is 2. The van der Waals surface area contributed by atoms with Gasteiger partial charge in [0.1, 0.15) is 17.6 Å². The first-order valence-electron chi connectivity index (χ1n) is 6.89. The molecule has 0 saturated carbocycles. The molecular formula is C15H16N4O2. The summed E-state index contributed by atoms with van der Waals surface area (Å²) in [4.78, 5) is 14.3. The zero-order chi connectivity index (χ0) is 15.0. The molecule has 0 N–H and O–H groups in total. The summed E-state index contributed by atoms with van der Waals surface area (Å²) in [5.41, 5.74) is 1.17. The quantitative estimate of drug-likeness (QED) is 0.845. The van der Waals surface area contributed by atoms with E-state index in [1.165, 1.54) is 0 Å². The molecule has 0 aliphatic carbocycles. The number of furan rings is 1. The van der Waals surface area contributed by atoms with E-state index in [0.717, 1.165) is 12.2 Å². The highest BCUT2D eigenvalue weighted by Crippen LogP contribution is 2.24. The minimum Gasteiger partial charge on any atom is -0.466 e. The fraction of sp³-hybridized carbons (Fsp3) is 0.400. The Kier molecular flexibility index (Phi) is 3.26. The average molecular weight is 284 g/mol. The Morgan fingerprint density at radius 3 is 2.95 bits per heavy atom. The fourth-order valence-corrected chi connectivity index (χ4v) is 2.75. The second-order valence-corrected chi connectivity index (χ2v) is 5.34. The summed E-state index contributed by atoms with van der Waals surface area (Å²) < 4.78 is 7.20. The third-order valence-electron chi connectivity index (χ3n) is 3.83. The van der Waals surface area contributed by atoms with E-state index in [2.05, 4.69) is 11.2 Å². The lowest BCUT2D eigenvalue weighted by Gasteiger charge is -2.16. The molecule has 2 aromatic heterocycles. The Hall–Kier alpha value is -2.55. The lowest BCUT2D eigenvalue weighted by molar-refractivity contribution is 0.0785. The van der Waals surface area contributed by atoms with Crippen LogP contribution in [0.2, 0.25) is 0 Å². The second kappa shape index (κ2) is 5.09. The smallest absolute Gasteiger partial charge is 0.257 e. The summed E-state index contributed by atoms with van der Waals surface area (Å²) in [6, 6.07) is 3.98. The Balaban J connectivity index is 1.73. The molecule has 1 amide bonds.